The summed E-state index contributed by atoms with van der Waals surface area (Å²) >= 11 is 6.81. The molecule has 0 aliphatic carbocycles. The second-order valence-electron chi connectivity index (χ2n) is 4.14. The Morgan fingerprint density at radius 3 is 2.83 bits per heavy atom. The molecule has 3 nitrogen and oxygen atoms in total. The molecule has 0 amide bonds. The lowest BCUT2D eigenvalue weighted by molar-refractivity contribution is 0.536. The maximum Gasteiger partial charge on any atom is 0.0772 e. The fraction of sp³-hybridized carbons (Fsp3) is 0.500. The summed E-state index contributed by atoms with van der Waals surface area (Å²) in [6.45, 7) is 5.24. The first-order chi connectivity index (χ1) is 8.70. The summed E-state index contributed by atoms with van der Waals surface area (Å²) in [5, 5.41) is 7.71. The van der Waals surface area contributed by atoms with Crippen LogP contribution in [0.4, 0.5) is 0 Å². The molecule has 2 heterocycles. The molecular formula is C12H16BrN3S2. The van der Waals surface area contributed by atoms with E-state index in [2.05, 4.69) is 49.9 Å². The highest BCUT2D eigenvalue weighted by atomic mass is 79.9. The summed E-state index contributed by atoms with van der Waals surface area (Å²) in [6.07, 6.45) is 2.14. The molecule has 0 saturated heterocycles. The number of hydrogen-bond donors (Lipinski definition) is 1. The number of halogens is 1. The van der Waals surface area contributed by atoms with Gasteiger partial charge in [0.15, 0.2) is 0 Å². The van der Waals surface area contributed by atoms with Crippen LogP contribution in [0.1, 0.15) is 34.8 Å². The fourth-order valence-electron chi connectivity index (χ4n) is 1.80. The Hall–Kier alpha value is -0.300. The van der Waals surface area contributed by atoms with Crippen LogP contribution in [0.25, 0.3) is 0 Å². The predicted molar refractivity (Wildman–Crippen MR) is 81.4 cm³/mol. The zero-order valence-electron chi connectivity index (χ0n) is 10.4. The van der Waals surface area contributed by atoms with Crippen LogP contribution in [0.15, 0.2) is 15.9 Å². The van der Waals surface area contributed by atoms with Gasteiger partial charge in [0.05, 0.1) is 14.4 Å². The Labute approximate surface area is 124 Å². The third-order valence-corrected chi connectivity index (χ3v) is 5.26. The summed E-state index contributed by atoms with van der Waals surface area (Å²) in [5.74, 6) is 0. The monoisotopic (exact) mass is 345 g/mol. The average Bonchev–Trinajstić information content (AvgIpc) is 2.93. The Morgan fingerprint density at radius 1 is 1.44 bits per heavy atom. The van der Waals surface area contributed by atoms with Crippen molar-refractivity contribution in [2.45, 2.75) is 32.7 Å². The lowest BCUT2D eigenvalue weighted by Crippen LogP contribution is -2.23. The summed E-state index contributed by atoms with van der Waals surface area (Å²) in [6, 6.07) is 4.61. The summed E-state index contributed by atoms with van der Waals surface area (Å²) in [5.41, 5.74) is 1.05. The third kappa shape index (κ3) is 3.60. The number of aromatic nitrogens is 2. The zero-order chi connectivity index (χ0) is 13.0. The van der Waals surface area contributed by atoms with Gasteiger partial charge in [-0.2, -0.15) is 0 Å². The standard InChI is InChI=1S/C12H16BrN3S2/c1-3-6-14-10(12-8(2)15-16-18-12)7-9-4-5-11(13)17-9/h4-5,10,14H,3,6-7H2,1-2H3. The van der Waals surface area contributed by atoms with Crippen molar-refractivity contribution in [3.63, 3.8) is 0 Å². The Morgan fingerprint density at radius 2 is 2.28 bits per heavy atom. The maximum atomic E-state index is 4.12. The van der Waals surface area contributed by atoms with Crippen LogP contribution >= 0.6 is 38.8 Å². The van der Waals surface area contributed by atoms with Crippen LogP contribution in [0.5, 0.6) is 0 Å². The quantitative estimate of drug-likeness (QED) is 0.861. The SMILES string of the molecule is CCCNC(Cc1ccc(Br)s1)c1snnc1C. The average molecular weight is 346 g/mol. The van der Waals surface area contributed by atoms with Gasteiger partial charge in [0, 0.05) is 17.3 Å². The zero-order valence-corrected chi connectivity index (χ0v) is 13.7. The smallest absolute Gasteiger partial charge is 0.0772 e. The molecule has 1 atom stereocenters. The minimum absolute atomic E-state index is 0.329. The molecule has 0 fully saturated rings. The number of thiophene rings is 1. The molecule has 18 heavy (non-hydrogen) atoms. The van der Waals surface area contributed by atoms with Gasteiger partial charge in [-0.1, -0.05) is 11.4 Å². The second-order valence-corrected chi connectivity index (χ2v) is 7.47. The van der Waals surface area contributed by atoms with Crippen LogP contribution in [0, 0.1) is 6.92 Å². The first kappa shape index (κ1) is 14.1. The van der Waals surface area contributed by atoms with E-state index < -0.39 is 0 Å². The molecular weight excluding hydrogens is 330 g/mol. The van der Waals surface area contributed by atoms with Gasteiger partial charge >= 0.3 is 0 Å². The van der Waals surface area contributed by atoms with Gasteiger partial charge in [-0.25, -0.2) is 0 Å². The number of nitrogens with one attached hydrogen (secondary N) is 1. The molecule has 0 spiro atoms. The van der Waals surface area contributed by atoms with Crippen LogP contribution in [0.3, 0.4) is 0 Å². The minimum Gasteiger partial charge on any atom is -0.309 e. The summed E-state index contributed by atoms with van der Waals surface area (Å²) in [7, 11) is 0. The van der Waals surface area contributed by atoms with Crippen molar-refractivity contribution in [2.24, 2.45) is 0 Å². The van der Waals surface area contributed by atoms with E-state index >= 15 is 0 Å². The van der Waals surface area contributed by atoms with Gasteiger partial charge in [0.25, 0.3) is 0 Å². The van der Waals surface area contributed by atoms with Gasteiger partial charge in [-0.3, -0.25) is 0 Å². The third-order valence-electron chi connectivity index (χ3n) is 2.68. The number of hydrogen-bond acceptors (Lipinski definition) is 5. The molecule has 2 aromatic rings. The van der Waals surface area contributed by atoms with E-state index in [1.165, 1.54) is 25.1 Å². The molecule has 0 saturated carbocycles. The molecule has 2 aromatic heterocycles. The van der Waals surface area contributed by atoms with Crippen molar-refractivity contribution in [1.82, 2.24) is 14.9 Å². The highest BCUT2D eigenvalue weighted by molar-refractivity contribution is 9.11. The molecule has 0 bridgehead atoms. The largest absolute Gasteiger partial charge is 0.309 e. The van der Waals surface area contributed by atoms with E-state index in [-0.39, 0.29) is 0 Å². The number of aryl methyl sites for hydroxylation is 1. The van der Waals surface area contributed by atoms with Crippen molar-refractivity contribution >= 4 is 38.8 Å². The fourth-order valence-corrected chi connectivity index (χ4v) is 4.04. The summed E-state index contributed by atoms with van der Waals surface area (Å²) in [4.78, 5) is 2.64. The number of nitrogens with zero attached hydrogens (tertiary/aromatic N) is 2. The molecule has 6 heteroatoms. The lowest BCUT2D eigenvalue weighted by atomic mass is 10.1. The van der Waals surface area contributed by atoms with E-state index in [0.717, 1.165) is 25.1 Å². The van der Waals surface area contributed by atoms with Crippen molar-refractivity contribution in [3.05, 3.63) is 31.4 Å². The van der Waals surface area contributed by atoms with Crippen LogP contribution in [-0.2, 0) is 6.42 Å². The van der Waals surface area contributed by atoms with Crippen LogP contribution in [-0.4, -0.2) is 16.1 Å². The van der Waals surface area contributed by atoms with Crippen molar-refractivity contribution in [2.75, 3.05) is 6.54 Å². The number of rotatable bonds is 6. The van der Waals surface area contributed by atoms with Gasteiger partial charge in [-0.05, 0) is 59.5 Å². The van der Waals surface area contributed by atoms with Crippen molar-refractivity contribution in [1.29, 1.82) is 0 Å². The lowest BCUT2D eigenvalue weighted by Gasteiger charge is -2.16. The van der Waals surface area contributed by atoms with Crippen molar-refractivity contribution < 1.29 is 0 Å². The topological polar surface area (TPSA) is 37.8 Å². The molecule has 0 aliphatic heterocycles. The molecule has 1 N–H and O–H groups in total. The molecule has 0 radical (unpaired) electrons. The Kier molecular flexibility index (Phi) is 5.29. The Bertz CT molecular complexity index is 495. The van der Waals surface area contributed by atoms with Gasteiger partial charge in [-0.15, -0.1) is 16.4 Å². The first-order valence-electron chi connectivity index (χ1n) is 5.97. The van der Waals surface area contributed by atoms with E-state index in [9.17, 15) is 0 Å². The molecule has 1 unspecified atom stereocenters. The normalized spacial score (nSPS) is 12.8. The highest BCUT2D eigenvalue weighted by Gasteiger charge is 2.17. The van der Waals surface area contributed by atoms with Gasteiger partial charge < -0.3 is 5.32 Å². The van der Waals surface area contributed by atoms with Crippen LogP contribution < -0.4 is 5.32 Å². The van der Waals surface area contributed by atoms with E-state index in [4.69, 9.17) is 0 Å². The van der Waals surface area contributed by atoms with Gasteiger partial charge in [0.2, 0.25) is 0 Å². The molecule has 2 rings (SSSR count). The Balaban J connectivity index is 2.12. The molecule has 0 aliphatic rings. The van der Waals surface area contributed by atoms with Crippen molar-refractivity contribution in [3.8, 4) is 0 Å². The van der Waals surface area contributed by atoms with E-state index in [1.807, 2.05) is 6.92 Å². The predicted octanol–water partition coefficient (Wildman–Crippen LogP) is 3.95. The maximum absolute atomic E-state index is 4.12. The van der Waals surface area contributed by atoms with Gasteiger partial charge in [0.1, 0.15) is 0 Å². The first-order valence-corrected chi connectivity index (χ1v) is 8.35. The highest BCUT2D eigenvalue weighted by Crippen LogP contribution is 2.29. The van der Waals surface area contributed by atoms with E-state index in [0.29, 0.717) is 6.04 Å². The van der Waals surface area contributed by atoms with E-state index in [1.54, 1.807) is 11.3 Å². The molecule has 98 valence electrons. The minimum atomic E-state index is 0.329. The van der Waals surface area contributed by atoms with Crippen LogP contribution in [0.2, 0.25) is 0 Å². The molecule has 0 aromatic carbocycles. The summed E-state index contributed by atoms with van der Waals surface area (Å²) < 4.78 is 5.23. The second kappa shape index (κ2) is 6.75.